The molecule has 118 valence electrons. The molecule has 0 aromatic heterocycles. The first-order valence-corrected chi connectivity index (χ1v) is 8.10. The van der Waals surface area contributed by atoms with Crippen molar-refractivity contribution in [3.8, 4) is 6.07 Å². The van der Waals surface area contributed by atoms with Crippen molar-refractivity contribution >= 4 is 0 Å². The molecular weight excluding hydrogens is 281 g/mol. The van der Waals surface area contributed by atoms with Gasteiger partial charge in [0.1, 0.15) is 11.9 Å². The third kappa shape index (κ3) is 3.31. The molecule has 2 aliphatic rings. The van der Waals surface area contributed by atoms with Crippen LogP contribution in [-0.2, 0) is 9.47 Å². The highest BCUT2D eigenvalue weighted by atomic mass is 19.1. The number of hydrogen-bond acceptors (Lipinski definition) is 3. The zero-order valence-corrected chi connectivity index (χ0v) is 12.9. The lowest BCUT2D eigenvalue weighted by Crippen LogP contribution is -2.34. The van der Waals surface area contributed by atoms with Crippen molar-refractivity contribution in [2.24, 2.45) is 17.8 Å². The molecule has 0 N–H and O–H groups in total. The lowest BCUT2D eigenvalue weighted by Gasteiger charge is -2.37. The fourth-order valence-corrected chi connectivity index (χ4v) is 3.51. The summed E-state index contributed by atoms with van der Waals surface area (Å²) in [6, 6.07) is 6.34. The van der Waals surface area contributed by atoms with Crippen molar-refractivity contribution in [2.75, 3.05) is 13.2 Å². The van der Waals surface area contributed by atoms with Crippen LogP contribution < -0.4 is 0 Å². The van der Waals surface area contributed by atoms with Gasteiger partial charge in [-0.15, -0.1) is 0 Å². The van der Waals surface area contributed by atoms with Gasteiger partial charge < -0.3 is 9.47 Å². The minimum atomic E-state index is -0.518. The first-order valence-electron chi connectivity index (χ1n) is 8.10. The van der Waals surface area contributed by atoms with Crippen molar-refractivity contribution in [1.82, 2.24) is 0 Å². The molecule has 22 heavy (non-hydrogen) atoms. The molecule has 1 heterocycles. The van der Waals surface area contributed by atoms with Crippen molar-refractivity contribution in [3.63, 3.8) is 0 Å². The molecule has 4 heteroatoms. The molecule has 1 aromatic carbocycles. The molecular formula is C18H22FNO2. The number of halogens is 1. The quantitative estimate of drug-likeness (QED) is 0.823. The molecule has 0 amide bonds. The topological polar surface area (TPSA) is 42.2 Å². The number of benzene rings is 1. The van der Waals surface area contributed by atoms with Crippen molar-refractivity contribution in [1.29, 1.82) is 5.26 Å². The van der Waals surface area contributed by atoms with Gasteiger partial charge >= 0.3 is 0 Å². The zero-order chi connectivity index (χ0) is 15.5. The highest BCUT2D eigenvalue weighted by Gasteiger charge is 2.31. The predicted octanol–water partition coefficient (Wildman–Crippen LogP) is 4.19. The number of nitrogens with zero attached hydrogens (tertiary/aromatic N) is 1. The van der Waals surface area contributed by atoms with Gasteiger partial charge in [-0.05, 0) is 36.8 Å². The van der Waals surface area contributed by atoms with E-state index in [0.29, 0.717) is 30.6 Å². The summed E-state index contributed by atoms with van der Waals surface area (Å²) in [5.41, 5.74) is 0.695. The summed E-state index contributed by atoms with van der Waals surface area (Å²) in [5.74, 6) is 1.47. The Hall–Kier alpha value is -1.44. The van der Waals surface area contributed by atoms with E-state index >= 15 is 0 Å². The Morgan fingerprint density at radius 3 is 2.36 bits per heavy atom. The largest absolute Gasteiger partial charge is 0.348 e. The van der Waals surface area contributed by atoms with Gasteiger partial charge in [0, 0.05) is 11.5 Å². The van der Waals surface area contributed by atoms with Crippen LogP contribution in [0.2, 0.25) is 0 Å². The molecule has 0 atom stereocenters. The van der Waals surface area contributed by atoms with Gasteiger partial charge in [0.15, 0.2) is 6.29 Å². The van der Waals surface area contributed by atoms with E-state index in [1.807, 2.05) is 6.07 Å². The third-order valence-electron chi connectivity index (χ3n) is 5.04. The average Bonchev–Trinajstić information content (AvgIpc) is 2.56. The summed E-state index contributed by atoms with van der Waals surface area (Å²) in [5, 5.41) is 8.76. The molecule has 3 nitrogen and oxygen atoms in total. The van der Waals surface area contributed by atoms with Crippen LogP contribution in [0.3, 0.4) is 0 Å². The van der Waals surface area contributed by atoms with Crippen LogP contribution in [0, 0.1) is 34.9 Å². The molecule has 1 aromatic rings. The molecule has 1 aliphatic heterocycles. The van der Waals surface area contributed by atoms with Crippen LogP contribution in [0.1, 0.15) is 50.0 Å². The second-order valence-corrected chi connectivity index (χ2v) is 6.63. The van der Waals surface area contributed by atoms with Gasteiger partial charge in [-0.2, -0.15) is 5.26 Å². The molecule has 0 bridgehead atoms. The van der Waals surface area contributed by atoms with E-state index in [-0.39, 0.29) is 5.56 Å². The Bertz CT molecular complexity index is 553. The molecule has 3 rings (SSSR count). The van der Waals surface area contributed by atoms with Crippen LogP contribution in [-0.4, -0.2) is 13.2 Å². The van der Waals surface area contributed by atoms with E-state index < -0.39 is 12.1 Å². The van der Waals surface area contributed by atoms with E-state index in [1.165, 1.54) is 37.8 Å². The Balaban J connectivity index is 1.57. The minimum absolute atomic E-state index is 0.0498. The summed E-state index contributed by atoms with van der Waals surface area (Å²) in [6.45, 7) is 3.66. The van der Waals surface area contributed by atoms with Crippen molar-refractivity contribution in [2.45, 2.75) is 38.9 Å². The van der Waals surface area contributed by atoms with Gasteiger partial charge in [0.25, 0.3) is 0 Å². The predicted molar refractivity (Wildman–Crippen MR) is 80.4 cm³/mol. The smallest absolute Gasteiger partial charge is 0.183 e. The summed E-state index contributed by atoms with van der Waals surface area (Å²) < 4.78 is 25.3. The second kappa shape index (κ2) is 6.76. The monoisotopic (exact) mass is 303 g/mol. The molecule has 2 fully saturated rings. The first-order chi connectivity index (χ1) is 10.7. The number of rotatable bonds is 2. The fraction of sp³-hybridized carbons (Fsp3) is 0.611. The van der Waals surface area contributed by atoms with Gasteiger partial charge in [0.05, 0.1) is 18.8 Å². The zero-order valence-electron chi connectivity index (χ0n) is 12.9. The first kappa shape index (κ1) is 15.5. The Morgan fingerprint density at radius 1 is 1.09 bits per heavy atom. The SMILES string of the molecule is CC1CCC([C@H]2CO[C@H](c3ccc(C#N)c(F)c3)OC2)CC1. The highest BCUT2D eigenvalue weighted by molar-refractivity contribution is 5.33. The minimum Gasteiger partial charge on any atom is -0.348 e. The van der Waals surface area contributed by atoms with Gasteiger partial charge in [-0.25, -0.2) is 4.39 Å². The maximum Gasteiger partial charge on any atom is 0.183 e. The Morgan fingerprint density at radius 2 is 1.77 bits per heavy atom. The van der Waals surface area contributed by atoms with E-state index in [0.717, 1.165) is 5.92 Å². The molecule has 0 radical (unpaired) electrons. The summed E-state index contributed by atoms with van der Waals surface area (Å²) in [6.07, 6.45) is 4.60. The van der Waals surface area contributed by atoms with E-state index in [4.69, 9.17) is 14.7 Å². The Kier molecular flexibility index (Phi) is 4.75. The van der Waals surface area contributed by atoms with Gasteiger partial charge in [-0.1, -0.05) is 25.8 Å². The lowest BCUT2D eigenvalue weighted by molar-refractivity contribution is -0.214. The fourth-order valence-electron chi connectivity index (χ4n) is 3.51. The molecule has 1 saturated heterocycles. The summed E-state index contributed by atoms with van der Waals surface area (Å²) in [4.78, 5) is 0. The van der Waals surface area contributed by atoms with Crippen LogP contribution >= 0.6 is 0 Å². The standard InChI is InChI=1S/C18H22FNO2/c1-12-2-4-13(5-3-12)16-10-21-18(22-11-16)14-6-7-15(9-20)17(19)8-14/h6-8,12-13,16,18H,2-5,10-11H2,1H3/t12?,13?,16-,18-. The highest BCUT2D eigenvalue weighted by Crippen LogP contribution is 2.37. The van der Waals surface area contributed by atoms with Crippen LogP contribution in [0.15, 0.2) is 18.2 Å². The summed E-state index contributed by atoms with van der Waals surface area (Å²) in [7, 11) is 0. The normalized spacial score (nSPS) is 32.4. The number of ether oxygens (including phenoxy) is 2. The van der Waals surface area contributed by atoms with Crippen molar-refractivity contribution in [3.05, 3.63) is 35.1 Å². The van der Waals surface area contributed by atoms with E-state index in [9.17, 15) is 4.39 Å². The number of hydrogen-bond donors (Lipinski definition) is 0. The molecule has 1 saturated carbocycles. The maximum absolute atomic E-state index is 13.7. The number of nitriles is 1. The molecule has 0 unspecified atom stereocenters. The third-order valence-corrected chi connectivity index (χ3v) is 5.04. The molecule has 0 spiro atoms. The van der Waals surface area contributed by atoms with E-state index in [2.05, 4.69) is 6.92 Å². The average molecular weight is 303 g/mol. The Labute approximate surface area is 131 Å². The summed E-state index contributed by atoms with van der Waals surface area (Å²) >= 11 is 0. The maximum atomic E-state index is 13.7. The molecule has 1 aliphatic carbocycles. The van der Waals surface area contributed by atoms with Gasteiger partial charge in [0.2, 0.25) is 0 Å². The van der Waals surface area contributed by atoms with Crippen LogP contribution in [0.5, 0.6) is 0 Å². The van der Waals surface area contributed by atoms with Crippen molar-refractivity contribution < 1.29 is 13.9 Å². The van der Waals surface area contributed by atoms with Crippen LogP contribution in [0.25, 0.3) is 0 Å². The lowest BCUT2D eigenvalue weighted by atomic mass is 9.76. The van der Waals surface area contributed by atoms with E-state index in [1.54, 1.807) is 6.07 Å². The van der Waals surface area contributed by atoms with Crippen LogP contribution in [0.4, 0.5) is 4.39 Å². The second-order valence-electron chi connectivity index (χ2n) is 6.63. The van der Waals surface area contributed by atoms with Gasteiger partial charge in [-0.3, -0.25) is 0 Å².